The highest BCUT2D eigenvalue weighted by molar-refractivity contribution is 9.10. The number of methoxy groups -OCH3 is 1. The molecule has 0 amide bonds. The lowest BCUT2D eigenvalue weighted by molar-refractivity contribution is 0.0594. The van der Waals surface area contributed by atoms with Crippen LogP contribution in [0.3, 0.4) is 0 Å². The van der Waals surface area contributed by atoms with Crippen LogP contribution in [0.25, 0.3) is 0 Å². The second kappa shape index (κ2) is 3.48. The number of ether oxygens (including phenoxy) is 1. The van der Waals surface area contributed by atoms with Crippen LogP contribution in [0.5, 0.6) is 0 Å². The Morgan fingerprint density at radius 2 is 2.82 bits per heavy atom. The van der Waals surface area contributed by atoms with Gasteiger partial charge in [0.1, 0.15) is 5.69 Å². The highest BCUT2D eigenvalue weighted by Crippen LogP contribution is 2.09. The van der Waals surface area contributed by atoms with Crippen molar-refractivity contribution in [1.82, 2.24) is 4.98 Å². The van der Waals surface area contributed by atoms with Gasteiger partial charge in [-0.3, -0.25) is 0 Å². The predicted molar refractivity (Wildman–Crippen MR) is 43.3 cm³/mol. The van der Waals surface area contributed by atoms with E-state index < -0.39 is 30.9 Å². The average molecular weight is 222 g/mol. The smallest absolute Gasteiger partial charge is 0.356 e. The van der Waals surface area contributed by atoms with Crippen LogP contribution in [0.15, 0.2) is 22.7 Å². The minimum absolute atomic E-state index is 0.116. The van der Waals surface area contributed by atoms with Crippen molar-refractivity contribution in [2.75, 3.05) is 7.04 Å². The first-order chi connectivity index (χ1) is 7.63. The number of hydrogen-bond donors (Lipinski definition) is 0. The second-order valence-corrected chi connectivity index (χ2v) is 2.32. The van der Waals surface area contributed by atoms with Gasteiger partial charge in [0.2, 0.25) is 0 Å². The van der Waals surface area contributed by atoms with E-state index in [1.807, 2.05) is 0 Å². The summed E-state index contributed by atoms with van der Waals surface area (Å²) in [5.41, 5.74) is -0.617. The zero-order chi connectivity index (χ0) is 13.4. The molecule has 3 nitrogen and oxygen atoms in total. The number of nitrogens with zero attached hydrogens (tertiary/aromatic N) is 1. The number of carbonyl (C=O) groups is 1. The third-order valence-corrected chi connectivity index (χ3v) is 1.24. The molecule has 4 heteroatoms. The molecule has 0 saturated heterocycles. The Morgan fingerprint density at radius 1 is 2.00 bits per heavy atom. The number of carbonyl (C=O) groups excluding carboxylic acids is 1. The van der Waals surface area contributed by atoms with Gasteiger partial charge in [0.05, 0.1) is 15.3 Å². The number of aromatic nitrogens is 1. The number of esters is 1. The van der Waals surface area contributed by atoms with Gasteiger partial charge in [-0.25, -0.2) is 9.78 Å². The van der Waals surface area contributed by atoms with Crippen LogP contribution in [0.4, 0.5) is 0 Å². The summed E-state index contributed by atoms with van der Waals surface area (Å²) in [6, 6.07) is -0.847. The molecule has 0 aliphatic heterocycles. The van der Waals surface area contributed by atoms with E-state index in [2.05, 4.69) is 25.7 Å². The average Bonchev–Trinajstić information content (AvgIpc) is 2.17. The van der Waals surface area contributed by atoms with Crippen molar-refractivity contribution in [3.05, 3.63) is 28.4 Å². The van der Waals surface area contributed by atoms with Crippen LogP contribution >= 0.6 is 15.9 Å². The lowest BCUT2D eigenvalue weighted by Gasteiger charge is -1.96. The fourth-order valence-corrected chi connectivity index (χ4v) is 0.718. The van der Waals surface area contributed by atoms with Crippen LogP contribution in [0, 0.1) is 0 Å². The zero-order valence-electron chi connectivity index (χ0n) is 11.1. The highest BCUT2D eigenvalue weighted by atomic mass is 79.9. The third kappa shape index (κ3) is 2.01. The lowest BCUT2D eigenvalue weighted by atomic mass is 10.4. The van der Waals surface area contributed by atoms with Gasteiger partial charge in [-0.15, -0.1) is 0 Å². The van der Waals surface area contributed by atoms with Gasteiger partial charge in [-0.1, -0.05) is 15.9 Å². The molecule has 11 heavy (non-hydrogen) atoms. The van der Waals surface area contributed by atoms with Gasteiger partial charge >= 0.3 is 5.97 Å². The molecular formula is C7H6BrNO2. The summed E-state index contributed by atoms with van der Waals surface area (Å²) in [4.78, 5) is 14.7. The molecule has 58 valence electrons. The standard InChI is InChI=1S/C7H6BrNO2/c1-11-7(10)6-4-5(8)2-3-9-6/h2-4H,1H3/i1D3,2D,3D,4D. The molecule has 0 unspecified atom stereocenters. The third-order valence-electron chi connectivity index (χ3n) is 0.848. The van der Waals surface area contributed by atoms with Gasteiger partial charge in [0.15, 0.2) is 0 Å². The fraction of sp³-hybridized carbons (Fsp3) is 0.143. The maximum atomic E-state index is 11.4. The van der Waals surface area contributed by atoms with Crippen LogP contribution in [0.1, 0.15) is 18.7 Å². The molecule has 1 rings (SSSR count). The van der Waals surface area contributed by atoms with E-state index >= 15 is 0 Å². The summed E-state index contributed by atoms with van der Waals surface area (Å²) < 4.78 is 46.2. The number of halogens is 1. The van der Waals surface area contributed by atoms with Gasteiger partial charge in [0.25, 0.3) is 0 Å². The Kier molecular flexibility index (Phi) is 1.02. The molecule has 0 bridgehead atoms. The first-order valence-corrected chi connectivity index (χ1v) is 3.29. The molecule has 0 aliphatic rings. The lowest BCUT2D eigenvalue weighted by Crippen LogP contribution is -2.03. The molecule has 0 fully saturated rings. The monoisotopic (exact) mass is 221 g/mol. The number of pyridine rings is 1. The Labute approximate surface area is 81.0 Å². The van der Waals surface area contributed by atoms with E-state index in [-0.39, 0.29) is 10.5 Å². The summed E-state index contributed by atoms with van der Waals surface area (Å²) in [5.74, 6) is -1.33. The van der Waals surface area contributed by atoms with E-state index in [0.29, 0.717) is 0 Å². The largest absolute Gasteiger partial charge is 0.464 e. The SMILES string of the molecule is [2H]c1nc(C(=O)OC([2H])([2H])[2H])c([2H])c(Br)c1[2H]. The van der Waals surface area contributed by atoms with E-state index in [1.54, 1.807) is 0 Å². The minimum Gasteiger partial charge on any atom is -0.464 e. The maximum Gasteiger partial charge on any atom is 0.356 e. The molecule has 0 aliphatic carbocycles. The van der Waals surface area contributed by atoms with Gasteiger partial charge in [-0.05, 0) is 12.1 Å². The topological polar surface area (TPSA) is 39.2 Å². The van der Waals surface area contributed by atoms with E-state index in [0.717, 1.165) is 0 Å². The molecule has 1 heterocycles. The van der Waals surface area contributed by atoms with Gasteiger partial charge in [-0.2, -0.15) is 0 Å². The van der Waals surface area contributed by atoms with E-state index in [9.17, 15) is 4.79 Å². The van der Waals surface area contributed by atoms with Crippen molar-refractivity contribution in [3.8, 4) is 0 Å². The summed E-state index contributed by atoms with van der Waals surface area (Å²) in [5, 5.41) is 0. The quantitative estimate of drug-likeness (QED) is 0.678. The summed E-state index contributed by atoms with van der Waals surface area (Å²) in [6.45, 7) is 0. The van der Waals surface area contributed by atoms with Crippen LogP contribution in [0.2, 0.25) is 0 Å². The maximum absolute atomic E-state index is 11.4. The van der Waals surface area contributed by atoms with Crippen LogP contribution < -0.4 is 0 Å². The Bertz CT molecular complexity index is 474. The second-order valence-electron chi connectivity index (χ2n) is 1.53. The fourth-order valence-electron chi connectivity index (χ4n) is 0.441. The minimum atomic E-state index is -2.94. The summed E-state index contributed by atoms with van der Waals surface area (Å²) in [7, 11) is -2.94. The molecule has 0 atom stereocenters. The molecule has 0 N–H and O–H groups in total. The summed E-state index contributed by atoms with van der Waals surface area (Å²) in [6.07, 6.45) is -0.551. The predicted octanol–water partition coefficient (Wildman–Crippen LogP) is 1.63. The van der Waals surface area contributed by atoms with Crippen molar-refractivity contribution in [1.29, 1.82) is 0 Å². The van der Waals surface area contributed by atoms with Crippen LogP contribution in [-0.2, 0) is 4.74 Å². The molecule has 1 aromatic rings. The van der Waals surface area contributed by atoms with Gasteiger partial charge in [0, 0.05) is 10.6 Å². The molecule has 0 spiro atoms. The van der Waals surface area contributed by atoms with Crippen LogP contribution in [-0.4, -0.2) is 18.0 Å². The van der Waals surface area contributed by atoms with Gasteiger partial charge < -0.3 is 4.74 Å². The Hall–Kier alpha value is -0.900. The normalized spacial score (nSPS) is 18.3. The number of hydrogen-bond acceptors (Lipinski definition) is 3. The highest BCUT2D eigenvalue weighted by Gasteiger charge is 2.05. The zero-order valence-corrected chi connectivity index (χ0v) is 6.73. The Balaban J connectivity index is 3.20. The molecule has 0 radical (unpaired) electrons. The van der Waals surface area contributed by atoms with Crippen molar-refractivity contribution < 1.29 is 17.8 Å². The first-order valence-electron chi connectivity index (χ1n) is 5.50. The Morgan fingerprint density at radius 3 is 3.55 bits per heavy atom. The molecule has 1 aromatic heterocycles. The van der Waals surface area contributed by atoms with E-state index in [1.165, 1.54) is 0 Å². The van der Waals surface area contributed by atoms with Crippen molar-refractivity contribution in [2.24, 2.45) is 0 Å². The number of rotatable bonds is 1. The molecular weight excluding hydrogens is 210 g/mol. The molecule has 0 saturated carbocycles. The first kappa shape index (κ1) is 3.23. The summed E-state index contributed by atoms with van der Waals surface area (Å²) >= 11 is 2.85. The van der Waals surface area contributed by atoms with Crippen molar-refractivity contribution >= 4 is 21.9 Å². The van der Waals surface area contributed by atoms with Crippen molar-refractivity contribution in [3.63, 3.8) is 0 Å². The van der Waals surface area contributed by atoms with E-state index in [4.69, 9.17) is 8.22 Å². The molecule has 0 aromatic carbocycles. The van der Waals surface area contributed by atoms with Crippen molar-refractivity contribution in [2.45, 2.75) is 0 Å².